The van der Waals surface area contributed by atoms with Crippen LogP contribution < -0.4 is 11.1 Å². The van der Waals surface area contributed by atoms with Crippen molar-refractivity contribution in [2.75, 3.05) is 11.1 Å². The van der Waals surface area contributed by atoms with Gasteiger partial charge in [0.1, 0.15) is 22.6 Å². The molecule has 0 fully saturated rings. The first-order valence-electron chi connectivity index (χ1n) is 4.70. The molecule has 0 unspecified atom stereocenters. The molecule has 0 aliphatic carbocycles. The number of pyridine rings is 1. The van der Waals surface area contributed by atoms with Crippen LogP contribution in [-0.4, -0.2) is 4.98 Å². The maximum atomic E-state index is 13.3. The van der Waals surface area contributed by atoms with E-state index in [1.165, 1.54) is 12.1 Å². The lowest BCUT2D eigenvalue weighted by Gasteiger charge is -2.07. The Hall–Kier alpha value is -1.88. The number of hydrogen-bond donors (Lipinski definition) is 2. The van der Waals surface area contributed by atoms with Gasteiger partial charge in [0.2, 0.25) is 0 Å². The molecule has 0 spiro atoms. The Bertz CT molecular complexity index is 540. The molecule has 3 nitrogen and oxygen atoms in total. The normalized spacial score (nSPS) is 10.3. The number of halogens is 3. The van der Waals surface area contributed by atoms with Crippen LogP contribution in [-0.2, 0) is 0 Å². The maximum absolute atomic E-state index is 13.3. The fraction of sp³-hybridized carbons (Fsp3) is 0. The first-order valence-corrected chi connectivity index (χ1v) is 5.07. The van der Waals surface area contributed by atoms with Crippen LogP contribution in [0.4, 0.5) is 26.0 Å². The van der Waals surface area contributed by atoms with Crippen molar-refractivity contribution in [3.8, 4) is 0 Å². The Morgan fingerprint density at radius 3 is 2.65 bits per heavy atom. The highest BCUT2D eigenvalue weighted by molar-refractivity contribution is 6.29. The van der Waals surface area contributed by atoms with Crippen molar-refractivity contribution in [2.45, 2.75) is 0 Å². The average molecular weight is 256 g/mol. The van der Waals surface area contributed by atoms with Crippen LogP contribution in [0.25, 0.3) is 0 Å². The van der Waals surface area contributed by atoms with Gasteiger partial charge in [-0.05, 0) is 18.2 Å². The highest BCUT2D eigenvalue weighted by atomic mass is 35.5. The molecule has 0 aliphatic heterocycles. The molecule has 0 bridgehead atoms. The summed E-state index contributed by atoms with van der Waals surface area (Å²) in [5.74, 6) is -0.893. The number of nitrogens with zero attached hydrogens (tertiary/aromatic N) is 1. The van der Waals surface area contributed by atoms with Crippen molar-refractivity contribution in [3.05, 3.63) is 47.1 Å². The molecule has 1 aromatic carbocycles. The van der Waals surface area contributed by atoms with Gasteiger partial charge in [-0.25, -0.2) is 13.8 Å². The van der Waals surface area contributed by atoms with Crippen LogP contribution >= 0.6 is 11.6 Å². The smallest absolute Gasteiger partial charge is 0.146 e. The van der Waals surface area contributed by atoms with Crippen LogP contribution in [0.2, 0.25) is 5.15 Å². The maximum Gasteiger partial charge on any atom is 0.146 e. The fourth-order valence-corrected chi connectivity index (χ4v) is 1.53. The third kappa shape index (κ3) is 2.82. The fourth-order valence-electron chi connectivity index (χ4n) is 1.31. The molecule has 1 aromatic heterocycles. The number of aromatic nitrogens is 1. The number of hydrogen-bond acceptors (Lipinski definition) is 3. The van der Waals surface area contributed by atoms with E-state index in [2.05, 4.69) is 10.3 Å². The van der Waals surface area contributed by atoms with E-state index in [1.807, 2.05) is 0 Å². The van der Waals surface area contributed by atoms with Crippen LogP contribution in [0.1, 0.15) is 0 Å². The van der Waals surface area contributed by atoms with Crippen molar-refractivity contribution >= 4 is 28.8 Å². The van der Waals surface area contributed by atoms with E-state index in [0.717, 1.165) is 18.2 Å². The largest absolute Gasteiger partial charge is 0.399 e. The number of nitrogens with one attached hydrogen (secondary N) is 1. The van der Waals surface area contributed by atoms with Gasteiger partial charge in [-0.15, -0.1) is 0 Å². The number of rotatable bonds is 2. The summed E-state index contributed by atoms with van der Waals surface area (Å²) in [6.07, 6.45) is 0. The molecule has 0 saturated carbocycles. The summed E-state index contributed by atoms with van der Waals surface area (Å²) in [4.78, 5) is 3.89. The molecular weight excluding hydrogens is 248 g/mol. The monoisotopic (exact) mass is 255 g/mol. The zero-order valence-electron chi connectivity index (χ0n) is 8.55. The van der Waals surface area contributed by atoms with E-state index < -0.39 is 11.6 Å². The van der Waals surface area contributed by atoms with Gasteiger partial charge in [0, 0.05) is 17.8 Å². The summed E-state index contributed by atoms with van der Waals surface area (Å²) >= 11 is 5.69. The minimum atomic E-state index is -0.591. The molecule has 0 saturated heterocycles. The minimum Gasteiger partial charge on any atom is -0.399 e. The van der Waals surface area contributed by atoms with E-state index in [1.54, 1.807) is 0 Å². The molecule has 0 aliphatic rings. The van der Waals surface area contributed by atoms with Gasteiger partial charge < -0.3 is 11.1 Å². The highest BCUT2D eigenvalue weighted by Crippen LogP contribution is 2.22. The minimum absolute atomic E-state index is 0.0285. The second-order valence-corrected chi connectivity index (χ2v) is 3.74. The van der Waals surface area contributed by atoms with E-state index in [9.17, 15) is 8.78 Å². The third-order valence-corrected chi connectivity index (χ3v) is 2.20. The molecule has 1 heterocycles. The zero-order chi connectivity index (χ0) is 12.4. The van der Waals surface area contributed by atoms with E-state index >= 15 is 0 Å². The van der Waals surface area contributed by atoms with Gasteiger partial charge >= 0.3 is 0 Å². The molecular formula is C11H8ClF2N3. The number of nitrogens with two attached hydrogens (primary N) is 1. The highest BCUT2D eigenvalue weighted by Gasteiger charge is 2.06. The Morgan fingerprint density at radius 2 is 1.94 bits per heavy atom. The van der Waals surface area contributed by atoms with Gasteiger partial charge in [0.05, 0.1) is 5.69 Å². The van der Waals surface area contributed by atoms with Crippen molar-refractivity contribution in [3.63, 3.8) is 0 Å². The molecule has 0 atom stereocenters. The van der Waals surface area contributed by atoms with E-state index in [0.29, 0.717) is 5.69 Å². The van der Waals surface area contributed by atoms with E-state index in [-0.39, 0.29) is 16.7 Å². The Labute approximate surface area is 101 Å². The summed E-state index contributed by atoms with van der Waals surface area (Å²) in [7, 11) is 0. The van der Waals surface area contributed by atoms with Gasteiger partial charge in [0.15, 0.2) is 0 Å². The first kappa shape index (κ1) is 11.6. The van der Waals surface area contributed by atoms with Crippen molar-refractivity contribution in [1.82, 2.24) is 4.98 Å². The summed E-state index contributed by atoms with van der Waals surface area (Å²) in [6, 6.07) is 5.99. The lowest BCUT2D eigenvalue weighted by molar-refractivity contribution is 0.603. The molecule has 3 N–H and O–H groups in total. The average Bonchev–Trinajstić information content (AvgIpc) is 2.22. The molecule has 88 valence electrons. The van der Waals surface area contributed by atoms with Crippen molar-refractivity contribution in [1.29, 1.82) is 0 Å². The Kier molecular flexibility index (Phi) is 3.10. The number of anilines is 3. The lowest BCUT2D eigenvalue weighted by Crippen LogP contribution is -1.98. The molecule has 6 heteroatoms. The molecule has 2 aromatic rings. The second-order valence-electron chi connectivity index (χ2n) is 3.36. The second kappa shape index (κ2) is 4.55. The van der Waals surface area contributed by atoms with Crippen LogP contribution in [0.15, 0.2) is 30.3 Å². The standard InChI is InChI=1S/C11H8ClF2N3/c12-10-4-7(15)5-11(17-10)16-9-3-6(13)1-2-8(9)14/h1-5H,(H3,15,16,17). The van der Waals surface area contributed by atoms with Crippen molar-refractivity contribution < 1.29 is 8.78 Å². The SMILES string of the molecule is Nc1cc(Cl)nc(Nc2cc(F)ccc2F)c1. The number of benzene rings is 1. The molecule has 2 rings (SSSR count). The topological polar surface area (TPSA) is 50.9 Å². The Morgan fingerprint density at radius 1 is 1.18 bits per heavy atom. The molecule has 0 amide bonds. The summed E-state index contributed by atoms with van der Waals surface area (Å²) in [6.45, 7) is 0. The van der Waals surface area contributed by atoms with Crippen LogP contribution in [0.3, 0.4) is 0 Å². The summed E-state index contributed by atoms with van der Waals surface area (Å²) in [5.41, 5.74) is 5.90. The predicted molar refractivity (Wildman–Crippen MR) is 63.3 cm³/mol. The third-order valence-electron chi connectivity index (χ3n) is 2.01. The van der Waals surface area contributed by atoms with Gasteiger partial charge in [-0.3, -0.25) is 0 Å². The van der Waals surface area contributed by atoms with Gasteiger partial charge in [0.25, 0.3) is 0 Å². The van der Waals surface area contributed by atoms with Gasteiger partial charge in [-0.1, -0.05) is 11.6 Å². The van der Waals surface area contributed by atoms with Crippen LogP contribution in [0.5, 0.6) is 0 Å². The van der Waals surface area contributed by atoms with Crippen molar-refractivity contribution in [2.24, 2.45) is 0 Å². The summed E-state index contributed by atoms with van der Waals surface area (Å²) < 4.78 is 26.3. The number of nitrogen functional groups attached to an aromatic ring is 1. The first-order chi connectivity index (χ1) is 8.04. The predicted octanol–water partition coefficient (Wildman–Crippen LogP) is 3.34. The molecule has 0 radical (unpaired) electrons. The van der Waals surface area contributed by atoms with Crippen LogP contribution in [0, 0.1) is 11.6 Å². The summed E-state index contributed by atoms with van der Waals surface area (Å²) in [5, 5.41) is 2.77. The quantitative estimate of drug-likeness (QED) is 0.809. The van der Waals surface area contributed by atoms with Gasteiger partial charge in [-0.2, -0.15) is 0 Å². The molecule has 17 heavy (non-hydrogen) atoms. The van der Waals surface area contributed by atoms with E-state index in [4.69, 9.17) is 17.3 Å². The zero-order valence-corrected chi connectivity index (χ0v) is 9.30. The lowest BCUT2D eigenvalue weighted by atomic mass is 10.3. The Balaban J connectivity index is 2.34.